The van der Waals surface area contributed by atoms with Crippen molar-refractivity contribution in [3.63, 3.8) is 0 Å². The molecule has 0 bridgehead atoms. The fourth-order valence-corrected chi connectivity index (χ4v) is 6.17. The van der Waals surface area contributed by atoms with Crippen molar-refractivity contribution < 1.29 is 9.18 Å². The normalized spacial score (nSPS) is 19.0. The molecule has 3 aromatic rings. The van der Waals surface area contributed by atoms with Gasteiger partial charge in [-0.2, -0.15) is 0 Å². The van der Waals surface area contributed by atoms with Gasteiger partial charge >= 0.3 is 0 Å². The van der Waals surface area contributed by atoms with Crippen LogP contribution in [0.2, 0.25) is 5.02 Å². The Morgan fingerprint density at radius 3 is 3.06 bits per heavy atom. The number of piperidine rings is 1. The molecule has 1 unspecified atom stereocenters. The zero-order chi connectivity index (χ0) is 23.7. The number of hydrogen-bond donors (Lipinski definition) is 1. The van der Waals surface area contributed by atoms with Crippen LogP contribution in [0.5, 0.6) is 0 Å². The summed E-state index contributed by atoms with van der Waals surface area (Å²) in [5, 5.41) is 4.27. The molecule has 5 rings (SSSR count). The van der Waals surface area contributed by atoms with Gasteiger partial charge in [-0.15, -0.1) is 11.3 Å². The van der Waals surface area contributed by atoms with Crippen molar-refractivity contribution in [3.8, 4) is 0 Å². The minimum absolute atomic E-state index is 0.0542. The van der Waals surface area contributed by atoms with Crippen LogP contribution in [-0.4, -0.2) is 51.9 Å². The van der Waals surface area contributed by atoms with E-state index in [-0.39, 0.29) is 10.9 Å². The van der Waals surface area contributed by atoms with E-state index in [1.165, 1.54) is 30.8 Å². The van der Waals surface area contributed by atoms with E-state index in [0.717, 1.165) is 47.1 Å². The first kappa shape index (κ1) is 23.2. The number of carbonyl (C=O) groups excluding carboxylic acids is 1. The fraction of sp³-hybridized carbons (Fsp3) is 0.400. The van der Waals surface area contributed by atoms with Gasteiger partial charge in [0.05, 0.1) is 17.0 Å². The third-order valence-electron chi connectivity index (χ3n) is 6.50. The maximum Gasteiger partial charge on any atom is 0.246 e. The van der Waals surface area contributed by atoms with Gasteiger partial charge in [0, 0.05) is 36.3 Å². The number of nitrogens with one attached hydrogen (secondary N) is 1. The highest BCUT2D eigenvalue weighted by Gasteiger charge is 2.25. The Bertz CT molecular complexity index is 1250. The van der Waals surface area contributed by atoms with Crippen molar-refractivity contribution >= 4 is 50.6 Å². The Balaban J connectivity index is 1.29. The highest BCUT2D eigenvalue weighted by Crippen LogP contribution is 2.38. The highest BCUT2D eigenvalue weighted by molar-refractivity contribution is 7.19. The molecule has 0 aliphatic carbocycles. The molecule has 1 fully saturated rings. The number of likely N-dealkylation sites (tertiary alicyclic amines) is 1. The molecule has 6 nitrogen and oxygen atoms in total. The van der Waals surface area contributed by atoms with Crippen LogP contribution in [0.25, 0.3) is 10.2 Å². The summed E-state index contributed by atoms with van der Waals surface area (Å²) in [5.74, 6) is 0.991. The van der Waals surface area contributed by atoms with Crippen LogP contribution in [0.4, 0.5) is 15.9 Å². The van der Waals surface area contributed by atoms with Gasteiger partial charge in [-0.25, -0.2) is 14.4 Å². The smallest absolute Gasteiger partial charge is 0.246 e. The monoisotopic (exact) mass is 499 g/mol. The van der Waals surface area contributed by atoms with Gasteiger partial charge in [-0.1, -0.05) is 24.6 Å². The average molecular weight is 500 g/mol. The molecule has 1 atom stereocenters. The molecule has 9 heteroatoms. The van der Waals surface area contributed by atoms with Crippen molar-refractivity contribution in [1.82, 2.24) is 19.8 Å². The maximum atomic E-state index is 13.5. The van der Waals surface area contributed by atoms with Crippen LogP contribution >= 0.6 is 22.9 Å². The summed E-state index contributed by atoms with van der Waals surface area (Å²) in [4.78, 5) is 28.0. The second kappa shape index (κ2) is 9.98. The van der Waals surface area contributed by atoms with Gasteiger partial charge in [-0.3, -0.25) is 9.69 Å². The van der Waals surface area contributed by atoms with Crippen molar-refractivity contribution in [2.24, 2.45) is 5.92 Å². The van der Waals surface area contributed by atoms with Gasteiger partial charge in [-0.05, 0) is 55.5 Å². The predicted molar refractivity (Wildman–Crippen MR) is 135 cm³/mol. The van der Waals surface area contributed by atoms with E-state index in [1.54, 1.807) is 29.5 Å². The van der Waals surface area contributed by atoms with Gasteiger partial charge in [0.25, 0.3) is 0 Å². The summed E-state index contributed by atoms with van der Waals surface area (Å²) in [6.45, 7) is 6.56. The molecular formula is C25H27ClFN5OS. The minimum Gasteiger partial charge on any atom is -0.340 e. The maximum absolute atomic E-state index is 13.5. The second-order valence-electron chi connectivity index (χ2n) is 9.08. The van der Waals surface area contributed by atoms with E-state index in [1.807, 2.05) is 11.0 Å². The number of thiophene rings is 1. The number of amides is 1. The van der Waals surface area contributed by atoms with Crippen LogP contribution < -0.4 is 5.32 Å². The average Bonchev–Trinajstić information content (AvgIpc) is 3.20. The first-order chi connectivity index (χ1) is 16.5. The Kier molecular flexibility index (Phi) is 6.81. The molecule has 2 aliphatic rings. The van der Waals surface area contributed by atoms with E-state index in [2.05, 4.69) is 27.1 Å². The second-order valence-corrected chi connectivity index (χ2v) is 10.6. The zero-order valence-corrected chi connectivity index (χ0v) is 20.6. The molecule has 1 N–H and O–H groups in total. The van der Waals surface area contributed by atoms with Gasteiger partial charge in [0.2, 0.25) is 5.91 Å². The van der Waals surface area contributed by atoms with Gasteiger partial charge in [0.15, 0.2) is 0 Å². The predicted octanol–water partition coefficient (Wildman–Crippen LogP) is 5.40. The van der Waals surface area contributed by atoms with Crippen LogP contribution in [-0.2, 0) is 17.8 Å². The molecule has 0 radical (unpaired) electrons. The van der Waals surface area contributed by atoms with E-state index < -0.39 is 5.82 Å². The summed E-state index contributed by atoms with van der Waals surface area (Å²) in [5.41, 5.74) is 1.83. The zero-order valence-electron chi connectivity index (χ0n) is 19.1. The SMILES string of the molecule is CC1CCCN(C/C=C/C(=O)N2CCc3c(sc4ncnc(Nc5ccc(F)c(Cl)c5)c34)C2)C1. The quantitative estimate of drug-likeness (QED) is 0.476. The number of fused-ring (bicyclic) bond motifs is 3. The topological polar surface area (TPSA) is 61.4 Å². The van der Waals surface area contributed by atoms with Gasteiger partial charge < -0.3 is 10.2 Å². The number of aromatic nitrogens is 2. The first-order valence-electron chi connectivity index (χ1n) is 11.6. The Morgan fingerprint density at radius 2 is 2.24 bits per heavy atom. The van der Waals surface area contributed by atoms with Gasteiger partial charge in [0.1, 0.15) is 22.8 Å². The third-order valence-corrected chi connectivity index (χ3v) is 7.91. The first-order valence-corrected chi connectivity index (χ1v) is 12.8. The summed E-state index contributed by atoms with van der Waals surface area (Å²) in [6, 6.07) is 4.50. The van der Waals surface area contributed by atoms with Crippen LogP contribution in [0.3, 0.4) is 0 Å². The van der Waals surface area contributed by atoms with E-state index in [9.17, 15) is 9.18 Å². The summed E-state index contributed by atoms with van der Waals surface area (Å²) in [7, 11) is 0. The largest absolute Gasteiger partial charge is 0.340 e. The van der Waals surface area contributed by atoms with Crippen molar-refractivity contribution in [2.75, 3.05) is 31.5 Å². The Labute approximate surface area is 207 Å². The fourth-order valence-electron chi connectivity index (χ4n) is 4.78. The van der Waals surface area contributed by atoms with E-state index in [4.69, 9.17) is 11.6 Å². The summed E-state index contributed by atoms with van der Waals surface area (Å²) in [6.07, 6.45) is 8.52. The molecule has 34 heavy (non-hydrogen) atoms. The lowest BCUT2D eigenvalue weighted by molar-refractivity contribution is -0.126. The molecule has 0 spiro atoms. The Hall–Kier alpha value is -2.55. The lowest BCUT2D eigenvalue weighted by Crippen LogP contribution is -2.35. The highest BCUT2D eigenvalue weighted by atomic mass is 35.5. The lowest BCUT2D eigenvalue weighted by atomic mass is 10.0. The minimum atomic E-state index is -0.461. The summed E-state index contributed by atoms with van der Waals surface area (Å²) >= 11 is 7.53. The lowest BCUT2D eigenvalue weighted by Gasteiger charge is -2.30. The Morgan fingerprint density at radius 1 is 1.35 bits per heavy atom. The van der Waals surface area contributed by atoms with Crippen molar-refractivity contribution in [2.45, 2.75) is 32.7 Å². The van der Waals surface area contributed by atoms with Crippen molar-refractivity contribution in [1.29, 1.82) is 0 Å². The number of anilines is 2. The van der Waals surface area contributed by atoms with E-state index in [0.29, 0.717) is 24.6 Å². The number of nitrogens with zero attached hydrogens (tertiary/aromatic N) is 4. The number of halogens is 2. The molecule has 178 valence electrons. The molecule has 1 saturated heterocycles. The number of rotatable bonds is 5. The van der Waals surface area contributed by atoms with Crippen LogP contribution in [0.1, 0.15) is 30.2 Å². The molecule has 2 aliphatic heterocycles. The summed E-state index contributed by atoms with van der Waals surface area (Å²) < 4.78 is 13.5. The third kappa shape index (κ3) is 4.94. The molecular weight excluding hydrogens is 473 g/mol. The van der Waals surface area contributed by atoms with Crippen LogP contribution in [0.15, 0.2) is 36.7 Å². The number of carbonyl (C=O) groups is 1. The standard InChI is InChI=1S/C25H27ClFN5OS/c1-16-4-2-9-31(13-16)10-3-5-22(33)32-11-8-18-21(14-32)34-25-23(18)24(28-15-29-25)30-17-6-7-20(27)19(26)12-17/h3,5-7,12,15-16H,2,4,8-11,13-14H2,1H3,(H,28,29,30)/b5-3+. The van der Waals surface area contributed by atoms with Crippen LogP contribution in [0, 0.1) is 11.7 Å². The molecule has 2 aromatic heterocycles. The molecule has 1 amide bonds. The van der Waals surface area contributed by atoms with Crippen molar-refractivity contribution in [3.05, 3.63) is 58.0 Å². The molecule has 1 aromatic carbocycles. The molecule has 0 saturated carbocycles. The molecule has 4 heterocycles. The van der Waals surface area contributed by atoms with E-state index >= 15 is 0 Å². The number of benzene rings is 1. The number of hydrogen-bond acceptors (Lipinski definition) is 6.